The molecule has 106 valence electrons. The molecule has 0 aliphatic heterocycles. The fourth-order valence-corrected chi connectivity index (χ4v) is 2.29. The normalized spacial score (nSPS) is 12.2. The molecule has 5 heteroatoms. The Kier molecular flexibility index (Phi) is 3.31. The van der Waals surface area contributed by atoms with Crippen molar-refractivity contribution in [1.82, 2.24) is 15.5 Å². The van der Waals surface area contributed by atoms with Gasteiger partial charge in [0.15, 0.2) is 0 Å². The lowest BCUT2D eigenvalue weighted by atomic mass is 10.0. The monoisotopic (exact) mass is 281 g/mol. The van der Waals surface area contributed by atoms with Crippen LogP contribution in [0.4, 0.5) is 0 Å². The van der Waals surface area contributed by atoms with Gasteiger partial charge in [-0.15, -0.1) is 0 Å². The number of carbonyl (C=O) groups is 1. The van der Waals surface area contributed by atoms with Crippen LogP contribution in [0.25, 0.3) is 10.8 Å². The molecule has 0 bridgehead atoms. The number of benzene rings is 2. The van der Waals surface area contributed by atoms with E-state index in [1.807, 2.05) is 31.2 Å². The maximum atomic E-state index is 12.3. The van der Waals surface area contributed by atoms with Gasteiger partial charge in [-0.25, -0.2) is 0 Å². The third-order valence-corrected chi connectivity index (χ3v) is 3.51. The summed E-state index contributed by atoms with van der Waals surface area (Å²) in [5.41, 5.74) is 1.15. The number of carbonyl (C=O) groups excluding carboxylic acids is 1. The molecule has 5 nitrogen and oxygen atoms in total. The second-order valence-electron chi connectivity index (χ2n) is 4.91. The Labute approximate surface area is 121 Å². The number of hydrogen-bond acceptors (Lipinski definition) is 3. The van der Waals surface area contributed by atoms with Gasteiger partial charge in [0.25, 0.3) is 5.91 Å². The van der Waals surface area contributed by atoms with Crippen molar-refractivity contribution in [2.75, 3.05) is 0 Å². The van der Waals surface area contributed by atoms with Gasteiger partial charge in [-0.05, 0) is 18.4 Å². The van der Waals surface area contributed by atoms with Gasteiger partial charge in [0.2, 0.25) is 0 Å². The molecule has 0 aliphatic rings. The maximum Gasteiger partial charge on any atom is 0.255 e. The summed E-state index contributed by atoms with van der Waals surface area (Å²) in [6, 6.07) is 10.7. The molecule has 0 fully saturated rings. The summed E-state index contributed by atoms with van der Waals surface area (Å²) in [7, 11) is 0. The molecule has 3 N–H and O–H groups in total. The number of nitrogens with one attached hydrogen (secondary N) is 2. The first-order valence-electron chi connectivity index (χ1n) is 6.67. The smallest absolute Gasteiger partial charge is 0.255 e. The van der Waals surface area contributed by atoms with Crippen LogP contribution in [-0.2, 0) is 0 Å². The molecule has 0 aliphatic carbocycles. The molecular formula is C16H15N3O2. The van der Waals surface area contributed by atoms with Crippen LogP contribution in [0.3, 0.4) is 0 Å². The molecule has 0 saturated carbocycles. The molecule has 2 aromatic carbocycles. The van der Waals surface area contributed by atoms with Gasteiger partial charge in [-0.1, -0.05) is 30.3 Å². The van der Waals surface area contributed by atoms with E-state index in [1.165, 1.54) is 0 Å². The molecule has 1 aromatic heterocycles. The lowest BCUT2D eigenvalue weighted by molar-refractivity contribution is 0.0937. The lowest BCUT2D eigenvalue weighted by Gasteiger charge is -2.13. The number of fused-ring (bicyclic) bond motifs is 1. The number of aromatic nitrogens is 2. The minimum Gasteiger partial charge on any atom is -0.506 e. The number of aromatic hydroxyl groups is 1. The zero-order valence-corrected chi connectivity index (χ0v) is 11.5. The van der Waals surface area contributed by atoms with Crippen molar-refractivity contribution >= 4 is 16.7 Å². The quantitative estimate of drug-likeness (QED) is 0.690. The highest BCUT2D eigenvalue weighted by Gasteiger charge is 2.16. The first-order chi connectivity index (χ1) is 10.2. The Hall–Kier alpha value is -2.82. The van der Waals surface area contributed by atoms with Gasteiger partial charge in [-0.2, -0.15) is 5.10 Å². The summed E-state index contributed by atoms with van der Waals surface area (Å²) in [4.78, 5) is 12.3. The molecule has 0 saturated heterocycles. The molecule has 1 amide bonds. The highest BCUT2D eigenvalue weighted by molar-refractivity contribution is 6.03. The van der Waals surface area contributed by atoms with Gasteiger partial charge in [-0.3, -0.25) is 9.89 Å². The number of phenols is 1. The number of phenolic OH excluding ortho intramolecular Hbond substituents is 1. The zero-order valence-electron chi connectivity index (χ0n) is 11.5. The Balaban J connectivity index is 1.90. The minimum atomic E-state index is -0.313. The van der Waals surface area contributed by atoms with Crippen molar-refractivity contribution in [3.8, 4) is 5.75 Å². The summed E-state index contributed by atoms with van der Waals surface area (Å²) in [5, 5.41) is 21.3. The highest BCUT2D eigenvalue weighted by Crippen LogP contribution is 2.28. The van der Waals surface area contributed by atoms with Crippen LogP contribution < -0.4 is 5.32 Å². The SMILES string of the molecule is CC(NC(=O)c1ccc2ccccc2c1O)c1cn[nH]c1. The van der Waals surface area contributed by atoms with Crippen molar-refractivity contribution in [2.24, 2.45) is 0 Å². The van der Waals surface area contributed by atoms with Crippen molar-refractivity contribution in [1.29, 1.82) is 0 Å². The fraction of sp³-hybridized carbons (Fsp3) is 0.125. The Bertz CT molecular complexity index is 781. The minimum absolute atomic E-state index is 0.00462. The zero-order chi connectivity index (χ0) is 14.8. The highest BCUT2D eigenvalue weighted by atomic mass is 16.3. The Morgan fingerprint density at radius 1 is 1.29 bits per heavy atom. The summed E-state index contributed by atoms with van der Waals surface area (Å²) < 4.78 is 0. The molecule has 0 radical (unpaired) electrons. The van der Waals surface area contributed by atoms with Crippen molar-refractivity contribution < 1.29 is 9.90 Å². The van der Waals surface area contributed by atoms with E-state index in [2.05, 4.69) is 15.5 Å². The third-order valence-electron chi connectivity index (χ3n) is 3.51. The van der Waals surface area contributed by atoms with Crippen molar-refractivity contribution in [3.05, 3.63) is 59.9 Å². The van der Waals surface area contributed by atoms with Gasteiger partial charge < -0.3 is 10.4 Å². The van der Waals surface area contributed by atoms with E-state index in [0.717, 1.165) is 10.9 Å². The number of nitrogens with zero attached hydrogens (tertiary/aromatic N) is 1. The topological polar surface area (TPSA) is 78.0 Å². The molecule has 21 heavy (non-hydrogen) atoms. The number of aromatic amines is 1. The lowest BCUT2D eigenvalue weighted by Crippen LogP contribution is -2.26. The summed E-state index contributed by atoms with van der Waals surface area (Å²) in [6.07, 6.45) is 3.39. The van der Waals surface area contributed by atoms with Crippen LogP contribution in [0.5, 0.6) is 5.75 Å². The van der Waals surface area contributed by atoms with E-state index in [4.69, 9.17) is 0 Å². The average Bonchev–Trinajstić information content (AvgIpc) is 3.02. The van der Waals surface area contributed by atoms with Gasteiger partial charge >= 0.3 is 0 Å². The first kappa shape index (κ1) is 13.2. The molecule has 0 spiro atoms. The predicted octanol–water partition coefficient (Wildman–Crippen LogP) is 2.76. The van der Waals surface area contributed by atoms with Crippen molar-refractivity contribution in [2.45, 2.75) is 13.0 Å². The van der Waals surface area contributed by atoms with Crippen molar-refractivity contribution in [3.63, 3.8) is 0 Å². The van der Waals surface area contributed by atoms with E-state index in [0.29, 0.717) is 5.39 Å². The second-order valence-corrected chi connectivity index (χ2v) is 4.91. The summed E-state index contributed by atoms with van der Waals surface area (Å²) in [5.74, 6) is -0.308. The van der Waals surface area contributed by atoms with E-state index in [-0.39, 0.29) is 23.3 Å². The number of H-pyrrole nitrogens is 1. The van der Waals surface area contributed by atoms with Crippen LogP contribution in [0.2, 0.25) is 0 Å². The molecule has 1 unspecified atom stereocenters. The van der Waals surface area contributed by atoms with Crippen LogP contribution in [0, 0.1) is 0 Å². The summed E-state index contributed by atoms with van der Waals surface area (Å²) >= 11 is 0. The molecule has 1 atom stereocenters. The third kappa shape index (κ3) is 2.45. The summed E-state index contributed by atoms with van der Waals surface area (Å²) in [6.45, 7) is 1.86. The fourth-order valence-electron chi connectivity index (χ4n) is 2.29. The molecule has 3 rings (SSSR count). The number of rotatable bonds is 3. The van der Waals surface area contributed by atoms with Gasteiger partial charge in [0, 0.05) is 17.1 Å². The van der Waals surface area contributed by atoms with Crippen LogP contribution in [0.1, 0.15) is 28.9 Å². The first-order valence-corrected chi connectivity index (χ1v) is 6.67. The standard InChI is InChI=1S/C16H15N3O2/c1-10(12-8-17-18-9-12)19-16(21)14-7-6-11-4-2-3-5-13(11)15(14)20/h2-10,20H,1H3,(H,17,18)(H,19,21). The van der Waals surface area contributed by atoms with Gasteiger partial charge in [0.1, 0.15) is 5.75 Å². The molecule has 3 aromatic rings. The molecule has 1 heterocycles. The second kappa shape index (κ2) is 5.28. The maximum absolute atomic E-state index is 12.3. The van der Waals surface area contributed by atoms with E-state index < -0.39 is 0 Å². The van der Waals surface area contributed by atoms with E-state index in [9.17, 15) is 9.90 Å². The van der Waals surface area contributed by atoms with Crippen LogP contribution in [0.15, 0.2) is 48.8 Å². The van der Waals surface area contributed by atoms with Crippen LogP contribution >= 0.6 is 0 Å². The largest absolute Gasteiger partial charge is 0.506 e. The molecular weight excluding hydrogens is 266 g/mol. The number of hydrogen-bond donors (Lipinski definition) is 3. The van der Waals surface area contributed by atoms with Crippen LogP contribution in [-0.4, -0.2) is 21.2 Å². The van der Waals surface area contributed by atoms with E-state index in [1.54, 1.807) is 24.5 Å². The predicted molar refractivity (Wildman–Crippen MR) is 80.1 cm³/mol. The Morgan fingerprint density at radius 2 is 2.10 bits per heavy atom. The van der Waals surface area contributed by atoms with Gasteiger partial charge in [0.05, 0.1) is 17.8 Å². The number of amides is 1. The average molecular weight is 281 g/mol. The Morgan fingerprint density at radius 3 is 2.86 bits per heavy atom. The van der Waals surface area contributed by atoms with E-state index >= 15 is 0 Å².